The van der Waals surface area contributed by atoms with Crippen molar-refractivity contribution in [3.05, 3.63) is 45.6 Å². The number of hydrogen-bond donors (Lipinski definition) is 0. The highest BCUT2D eigenvalue weighted by Crippen LogP contribution is 2.42. The number of hydrogen-bond acceptors (Lipinski definition) is 0. The molecule has 0 aliphatic heterocycles. The Morgan fingerprint density at radius 2 is 2.17 bits per heavy atom. The summed E-state index contributed by atoms with van der Waals surface area (Å²) in [6.07, 6.45) is 14.4. The molecule has 62 valence electrons. The standard InChI is InChI=1S/C11H11I/c1-11-7-3-2-5-9(11)10(12)6-4-8-11/h2-7H,8H2,1H3. The van der Waals surface area contributed by atoms with E-state index in [4.69, 9.17) is 0 Å². The second-order valence-electron chi connectivity index (χ2n) is 3.50. The average molecular weight is 270 g/mol. The molecule has 1 atom stereocenters. The Balaban J connectivity index is 2.53. The van der Waals surface area contributed by atoms with Crippen molar-refractivity contribution >= 4 is 22.6 Å². The molecule has 0 spiro atoms. The summed E-state index contributed by atoms with van der Waals surface area (Å²) in [7, 11) is 0. The highest BCUT2D eigenvalue weighted by atomic mass is 127. The molecule has 0 saturated heterocycles. The zero-order chi connectivity index (χ0) is 8.60. The SMILES string of the molecule is CC12C=CC=CC1=C(I)C=CC2. The Bertz CT molecular complexity index is 318. The molecule has 2 rings (SSSR count). The van der Waals surface area contributed by atoms with Crippen LogP contribution in [-0.4, -0.2) is 0 Å². The zero-order valence-electron chi connectivity index (χ0n) is 7.05. The lowest BCUT2D eigenvalue weighted by Crippen LogP contribution is -2.18. The van der Waals surface area contributed by atoms with E-state index in [2.05, 4.69) is 66.0 Å². The van der Waals surface area contributed by atoms with Gasteiger partial charge in [0, 0.05) is 8.99 Å². The molecule has 12 heavy (non-hydrogen) atoms. The first-order valence-corrected chi connectivity index (χ1v) is 5.23. The third kappa shape index (κ3) is 1.20. The van der Waals surface area contributed by atoms with Crippen LogP contribution in [0.25, 0.3) is 0 Å². The van der Waals surface area contributed by atoms with Crippen molar-refractivity contribution in [2.24, 2.45) is 5.41 Å². The first-order valence-electron chi connectivity index (χ1n) is 4.15. The molecule has 2 aliphatic carbocycles. The van der Waals surface area contributed by atoms with Gasteiger partial charge in [-0.2, -0.15) is 0 Å². The summed E-state index contributed by atoms with van der Waals surface area (Å²) in [4.78, 5) is 0. The van der Waals surface area contributed by atoms with Crippen LogP contribution in [-0.2, 0) is 0 Å². The lowest BCUT2D eigenvalue weighted by Gasteiger charge is -2.31. The lowest BCUT2D eigenvalue weighted by atomic mass is 9.74. The maximum atomic E-state index is 2.41. The largest absolute Gasteiger partial charge is 0.0823 e. The molecule has 1 heteroatoms. The van der Waals surface area contributed by atoms with E-state index in [9.17, 15) is 0 Å². The maximum absolute atomic E-state index is 2.41. The van der Waals surface area contributed by atoms with Gasteiger partial charge in [0.05, 0.1) is 0 Å². The van der Waals surface area contributed by atoms with Crippen LogP contribution in [0, 0.1) is 5.41 Å². The predicted octanol–water partition coefficient (Wildman–Crippen LogP) is 3.77. The minimum Gasteiger partial charge on any atom is -0.0823 e. The van der Waals surface area contributed by atoms with Crippen molar-refractivity contribution in [3.8, 4) is 0 Å². The average Bonchev–Trinajstić information content (AvgIpc) is 2.04. The van der Waals surface area contributed by atoms with Gasteiger partial charge in [0.2, 0.25) is 0 Å². The van der Waals surface area contributed by atoms with Crippen LogP contribution in [0.1, 0.15) is 13.3 Å². The van der Waals surface area contributed by atoms with Crippen LogP contribution in [0.4, 0.5) is 0 Å². The number of allylic oxidation sites excluding steroid dienone is 8. The Morgan fingerprint density at radius 3 is 2.92 bits per heavy atom. The summed E-state index contributed by atoms with van der Waals surface area (Å²) in [6.45, 7) is 2.30. The van der Waals surface area contributed by atoms with Crippen LogP contribution < -0.4 is 0 Å². The van der Waals surface area contributed by atoms with Crippen LogP contribution in [0.2, 0.25) is 0 Å². The van der Waals surface area contributed by atoms with Gasteiger partial charge in [0.15, 0.2) is 0 Å². The van der Waals surface area contributed by atoms with Gasteiger partial charge in [-0.05, 0) is 34.6 Å². The maximum Gasteiger partial charge on any atom is 0.0168 e. The molecule has 0 saturated carbocycles. The molecule has 0 amide bonds. The van der Waals surface area contributed by atoms with Crippen LogP contribution >= 0.6 is 22.6 Å². The summed E-state index contributed by atoms with van der Waals surface area (Å²) >= 11 is 2.41. The summed E-state index contributed by atoms with van der Waals surface area (Å²) in [6, 6.07) is 0. The number of rotatable bonds is 0. The molecular weight excluding hydrogens is 259 g/mol. The molecule has 0 bridgehead atoms. The van der Waals surface area contributed by atoms with Gasteiger partial charge in [-0.1, -0.05) is 43.4 Å². The summed E-state index contributed by atoms with van der Waals surface area (Å²) < 4.78 is 1.38. The third-order valence-electron chi connectivity index (χ3n) is 2.52. The monoisotopic (exact) mass is 270 g/mol. The van der Waals surface area contributed by atoms with Gasteiger partial charge < -0.3 is 0 Å². The van der Waals surface area contributed by atoms with Crippen LogP contribution in [0.5, 0.6) is 0 Å². The summed E-state index contributed by atoms with van der Waals surface area (Å²) in [5, 5.41) is 0. The number of halogens is 1. The molecule has 0 N–H and O–H groups in total. The number of fused-ring (bicyclic) bond motifs is 1. The van der Waals surface area contributed by atoms with Crippen LogP contribution in [0.15, 0.2) is 45.6 Å². The molecule has 0 aromatic heterocycles. The minimum absolute atomic E-state index is 0.264. The summed E-state index contributed by atoms with van der Waals surface area (Å²) in [5.41, 5.74) is 1.73. The normalized spacial score (nSPS) is 32.5. The van der Waals surface area contributed by atoms with E-state index in [1.807, 2.05) is 0 Å². The molecule has 0 aromatic rings. The Labute approximate surface area is 86.9 Å². The van der Waals surface area contributed by atoms with Gasteiger partial charge in [-0.3, -0.25) is 0 Å². The van der Waals surface area contributed by atoms with Crippen molar-refractivity contribution in [1.82, 2.24) is 0 Å². The zero-order valence-corrected chi connectivity index (χ0v) is 9.21. The molecule has 0 nitrogen and oxygen atoms in total. The van der Waals surface area contributed by atoms with Crippen molar-refractivity contribution < 1.29 is 0 Å². The Kier molecular flexibility index (Phi) is 1.99. The van der Waals surface area contributed by atoms with Crippen molar-refractivity contribution in [2.75, 3.05) is 0 Å². The van der Waals surface area contributed by atoms with Gasteiger partial charge >= 0.3 is 0 Å². The van der Waals surface area contributed by atoms with E-state index in [1.165, 1.54) is 9.15 Å². The minimum atomic E-state index is 0.264. The predicted molar refractivity (Wildman–Crippen MR) is 61.2 cm³/mol. The van der Waals surface area contributed by atoms with Gasteiger partial charge in [0.25, 0.3) is 0 Å². The highest BCUT2D eigenvalue weighted by molar-refractivity contribution is 14.1. The quantitative estimate of drug-likeness (QED) is 0.588. The first kappa shape index (κ1) is 8.30. The highest BCUT2D eigenvalue weighted by Gasteiger charge is 2.28. The van der Waals surface area contributed by atoms with Gasteiger partial charge in [-0.15, -0.1) is 0 Å². The second kappa shape index (κ2) is 2.87. The van der Waals surface area contributed by atoms with E-state index in [-0.39, 0.29) is 5.41 Å². The molecule has 0 aromatic carbocycles. The van der Waals surface area contributed by atoms with E-state index in [0.29, 0.717) is 0 Å². The van der Waals surface area contributed by atoms with E-state index in [0.717, 1.165) is 6.42 Å². The fourth-order valence-corrected chi connectivity index (χ4v) is 2.78. The van der Waals surface area contributed by atoms with Crippen LogP contribution in [0.3, 0.4) is 0 Å². The molecular formula is C11H11I. The lowest BCUT2D eigenvalue weighted by molar-refractivity contribution is 0.526. The fourth-order valence-electron chi connectivity index (χ4n) is 1.73. The molecule has 0 radical (unpaired) electrons. The van der Waals surface area contributed by atoms with E-state index in [1.54, 1.807) is 0 Å². The second-order valence-corrected chi connectivity index (χ2v) is 4.67. The van der Waals surface area contributed by atoms with Gasteiger partial charge in [-0.25, -0.2) is 0 Å². The summed E-state index contributed by atoms with van der Waals surface area (Å²) in [5.74, 6) is 0. The van der Waals surface area contributed by atoms with Crippen molar-refractivity contribution in [1.29, 1.82) is 0 Å². The van der Waals surface area contributed by atoms with E-state index < -0.39 is 0 Å². The molecule has 0 heterocycles. The van der Waals surface area contributed by atoms with Crippen molar-refractivity contribution in [2.45, 2.75) is 13.3 Å². The van der Waals surface area contributed by atoms with Gasteiger partial charge in [0.1, 0.15) is 0 Å². The molecule has 2 aliphatic rings. The first-order chi connectivity index (χ1) is 5.72. The molecule has 1 unspecified atom stereocenters. The molecule has 0 fully saturated rings. The van der Waals surface area contributed by atoms with E-state index >= 15 is 0 Å². The fraction of sp³-hybridized carbons (Fsp3) is 0.273. The Hall–Kier alpha value is -0.310. The third-order valence-corrected chi connectivity index (χ3v) is 3.46. The Morgan fingerprint density at radius 1 is 1.33 bits per heavy atom. The van der Waals surface area contributed by atoms with Crippen molar-refractivity contribution in [3.63, 3.8) is 0 Å². The smallest absolute Gasteiger partial charge is 0.0168 e. The topological polar surface area (TPSA) is 0 Å².